The van der Waals surface area contributed by atoms with Crippen LogP contribution in [0.2, 0.25) is 5.02 Å². The molecule has 1 heterocycles. The summed E-state index contributed by atoms with van der Waals surface area (Å²) in [4.78, 5) is 27.5. The number of rotatable bonds is 5. The number of aromatic carboxylic acids is 1. The standard InChI is InChI=1S/C22H17ClF3N3O3/c1-2-15-16(9-10-27-19(15)20(30)31)12-3-5-13(6-4-12)28-21(32)29-14-7-8-18(23)17(11-14)22(24,25)26/h3-11H,2H2,1H3,(H,30,31)(H2,28,29,32). The number of alkyl halides is 3. The van der Waals surface area contributed by atoms with Gasteiger partial charge in [-0.25, -0.2) is 14.6 Å². The molecule has 0 aliphatic rings. The Bertz CT molecular complexity index is 1170. The molecule has 10 heteroatoms. The van der Waals surface area contributed by atoms with Crippen LogP contribution in [0.1, 0.15) is 28.5 Å². The summed E-state index contributed by atoms with van der Waals surface area (Å²) in [7, 11) is 0. The van der Waals surface area contributed by atoms with Gasteiger partial charge in [0.2, 0.25) is 0 Å². The second-order valence-corrected chi connectivity index (χ2v) is 7.10. The van der Waals surface area contributed by atoms with E-state index in [2.05, 4.69) is 15.6 Å². The zero-order valence-corrected chi connectivity index (χ0v) is 17.4. The van der Waals surface area contributed by atoms with Crippen LogP contribution in [-0.4, -0.2) is 22.1 Å². The van der Waals surface area contributed by atoms with Crippen molar-refractivity contribution in [1.82, 2.24) is 4.98 Å². The maximum absolute atomic E-state index is 13.0. The summed E-state index contributed by atoms with van der Waals surface area (Å²) < 4.78 is 38.9. The fourth-order valence-electron chi connectivity index (χ4n) is 3.15. The van der Waals surface area contributed by atoms with Gasteiger partial charge in [-0.1, -0.05) is 30.7 Å². The number of halogens is 4. The van der Waals surface area contributed by atoms with Gasteiger partial charge in [-0.3, -0.25) is 0 Å². The van der Waals surface area contributed by atoms with E-state index in [0.29, 0.717) is 23.2 Å². The van der Waals surface area contributed by atoms with E-state index in [9.17, 15) is 27.9 Å². The Hall–Kier alpha value is -3.59. The fraction of sp³-hybridized carbons (Fsp3) is 0.136. The quantitative estimate of drug-likeness (QED) is 0.412. The first-order valence-electron chi connectivity index (χ1n) is 9.36. The molecule has 0 aliphatic heterocycles. The number of nitrogens with zero attached hydrogens (tertiary/aromatic N) is 1. The molecule has 0 radical (unpaired) electrons. The minimum atomic E-state index is -4.65. The predicted octanol–water partition coefficient (Wildman–Crippen LogP) is 6.33. The summed E-state index contributed by atoms with van der Waals surface area (Å²) in [6.07, 6.45) is -2.76. The smallest absolute Gasteiger partial charge is 0.417 e. The number of urea groups is 1. The Labute approximate surface area is 186 Å². The number of hydrogen-bond acceptors (Lipinski definition) is 3. The van der Waals surface area contributed by atoms with Crippen molar-refractivity contribution in [3.63, 3.8) is 0 Å². The first-order chi connectivity index (χ1) is 15.1. The van der Waals surface area contributed by atoms with Gasteiger partial charge in [-0.05, 0) is 59.5 Å². The molecule has 0 aliphatic carbocycles. The number of anilines is 2. The summed E-state index contributed by atoms with van der Waals surface area (Å²) in [5, 5.41) is 13.7. The average molecular weight is 464 g/mol. The van der Waals surface area contributed by atoms with Gasteiger partial charge < -0.3 is 15.7 Å². The third-order valence-electron chi connectivity index (χ3n) is 4.60. The third-order valence-corrected chi connectivity index (χ3v) is 4.92. The van der Waals surface area contributed by atoms with Crippen LogP contribution in [0.25, 0.3) is 11.1 Å². The summed E-state index contributed by atoms with van der Waals surface area (Å²) >= 11 is 5.58. The monoisotopic (exact) mass is 463 g/mol. The van der Waals surface area contributed by atoms with E-state index in [1.54, 1.807) is 30.3 Å². The van der Waals surface area contributed by atoms with Gasteiger partial charge in [0.1, 0.15) is 0 Å². The maximum atomic E-state index is 13.0. The molecular weight excluding hydrogens is 447 g/mol. The highest BCUT2D eigenvalue weighted by molar-refractivity contribution is 6.31. The molecule has 0 unspecified atom stereocenters. The van der Waals surface area contributed by atoms with E-state index in [1.807, 2.05) is 6.92 Å². The van der Waals surface area contributed by atoms with E-state index < -0.39 is 28.8 Å². The molecule has 166 valence electrons. The Morgan fingerprint density at radius 3 is 2.25 bits per heavy atom. The van der Waals surface area contributed by atoms with Crippen LogP contribution in [0, 0.1) is 0 Å². The van der Waals surface area contributed by atoms with Crippen molar-refractivity contribution in [3.8, 4) is 11.1 Å². The van der Waals surface area contributed by atoms with Gasteiger partial charge in [0.05, 0.1) is 10.6 Å². The van der Waals surface area contributed by atoms with Gasteiger partial charge in [0, 0.05) is 17.6 Å². The number of nitrogens with one attached hydrogen (secondary N) is 2. The lowest BCUT2D eigenvalue weighted by Gasteiger charge is -2.13. The minimum absolute atomic E-state index is 0.0206. The normalized spacial score (nSPS) is 11.2. The van der Waals surface area contributed by atoms with Crippen LogP contribution in [-0.2, 0) is 12.6 Å². The lowest BCUT2D eigenvalue weighted by atomic mass is 9.97. The van der Waals surface area contributed by atoms with E-state index in [0.717, 1.165) is 17.7 Å². The van der Waals surface area contributed by atoms with Gasteiger partial charge >= 0.3 is 18.2 Å². The largest absolute Gasteiger partial charge is 0.477 e. The summed E-state index contributed by atoms with van der Waals surface area (Å²) in [5.41, 5.74) is 1.27. The van der Waals surface area contributed by atoms with Crippen molar-refractivity contribution in [2.75, 3.05) is 10.6 Å². The van der Waals surface area contributed by atoms with Crippen LogP contribution in [0.3, 0.4) is 0 Å². The molecule has 0 bridgehead atoms. The third kappa shape index (κ3) is 5.17. The highest BCUT2D eigenvalue weighted by Gasteiger charge is 2.33. The molecular formula is C22H17ClF3N3O3. The van der Waals surface area contributed by atoms with Crippen LogP contribution >= 0.6 is 11.6 Å². The summed E-state index contributed by atoms with van der Waals surface area (Å²) in [6.45, 7) is 1.83. The number of carbonyl (C=O) groups excluding carboxylic acids is 1. The number of hydrogen-bond donors (Lipinski definition) is 3. The van der Waals surface area contributed by atoms with Crippen LogP contribution in [0.4, 0.5) is 29.3 Å². The Morgan fingerprint density at radius 1 is 1.03 bits per heavy atom. The second kappa shape index (κ2) is 9.27. The summed E-state index contributed by atoms with van der Waals surface area (Å²) in [6, 6.07) is 10.6. The summed E-state index contributed by atoms with van der Waals surface area (Å²) in [5.74, 6) is -1.12. The van der Waals surface area contributed by atoms with E-state index in [1.165, 1.54) is 12.3 Å². The van der Waals surface area contributed by atoms with E-state index in [-0.39, 0.29) is 11.4 Å². The molecule has 2 amide bonds. The molecule has 3 rings (SSSR count). The predicted molar refractivity (Wildman–Crippen MR) is 115 cm³/mol. The van der Waals surface area contributed by atoms with Crippen molar-refractivity contribution in [3.05, 3.63) is 76.6 Å². The second-order valence-electron chi connectivity index (χ2n) is 6.69. The highest BCUT2D eigenvalue weighted by atomic mass is 35.5. The molecule has 1 aromatic heterocycles. The Kier molecular flexibility index (Phi) is 6.69. The number of pyridine rings is 1. The van der Waals surface area contributed by atoms with Crippen molar-refractivity contribution in [2.45, 2.75) is 19.5 Å². The Morgan fingerprint density at radius 2 is 1.66 bits per heavy atom. The highest BCUT2D eigenvalue weighted by Crippen LogP contribution is 2.36. The number of carbonyl (C=O) groups is 2. The van der Waals surface area contributed by atoms with Gasteiger partial charge in [-0.15, -0.1) is 0 Å². The van der Waals surface area contributed by atoms with Gasteiger partial charge in [0.15, 0.2) is 5.69 Å². The molecule has 6 nitrogen and oxygen atoms in total. The molecule has 3 aromatic rings. The number of carboxylic acid groups (broad SMARTS) is 1. The fourth-order valence-corrected chi connectivity index (χ4v) is 3.38. The average Bonchev–Trinajstić information content (AvgIpc) is 2.74. The van der Waals surface area contributed by atoms with Crippen molar-refractivity contribution < 1.29 is 27.9 Å². The number of benzene rings is 2. The number of amides is 2. The lowest BCUT2D eigenvalue weighted by Crippen LogP contribution is -2.19. The molecule has 0 spiro atoms. The van der Waals surface area contributed by atoms with Crippen molar-refractivity contribution in [2.24, 2.45) is 0 Å². The topological polar surface area (TPSA) is 91.3 Å². The van der Waals surface area contributed by atoms with E-state index >= 15 is 0 Å². The van der Waals surface area contributed by atoms with Crippen LogP contribution in [0.15, 0.2) is 54.7 Å². The SMILES string of the molecule is CCc1c(-c2ccc(NC(=O)Nc3ccc(Cl)c(C(F)(F)F)c3)cc2)ccnc1C(=O)O. The minimum Gasteiger partial charge on any atom is -0.477 e. The van der Waals surface area contributed by atoms with Crippen LogP contribution in [0.5, 0.6) is 0 Å². The number of aromatic nitrogens is 1. The number of carboxylic acids is 1. The Balaban J connectivity index is 1.75. The molecule has 0 saturated heterocycles. The zero-order chi connectivity index (χ0) is 23.5. The molecule has 2 aromatic carbocycles. The molecule has 0 atom stereocenters. The molecule has 0 saturated carbocycles. The molecule has 3 N–H and O–H groups in total. The van der Waals surface area contributed by atoms with E-state index in [4.69, 9.17) is 11.6 Å². The van der Waals surface area contributed by atoms with Gasteiger partial charge in [0.25, 0.3) is 0 Å². The zero-order valence-electron chi connectivity index (χ0n) is 16.6. The molecule has 32 heavy (non-hydrogen) atoms. The lowest BCUT2D eigenvalue weighted by molar-refractivity contribution is -0.137. The first-order valence-corrected chi connectivity index (χ1v) is 9.74. The first kappa shape index (κ1) is 23.1. The molecule has 0 fully saturated rings. The van der Waals surface area contributed by atoms with Gasteiger partial charge in [-0.2, -0.15) is 13.2 Å². The van der Waals surface area contributed by atoms with Crippen molar-refractivity contribution >= 4 is 35.0 Å². The van der Waals surface area contributed by atoms with Crippen LogP contribution < -0.4 is 10.6 Å². The maximum Gasteiger partial charge on any atom is 0.417 e. The van der Waals surface area contributed by atoms with Crippen molar-refractivity contribution in [1.29, 1.82) is 0 Å².